The fourth-order valence-electron chi connectivity index (χ4n) is 8.38. The Hall–Kier alpha value is -7.41. The summed E-state index contributed by atoms with van der Waals surface area (Å²) in [6.07, 6.45) is -23.9. The van der Waals surface area contributed by atoms with E-state index in [-0.39, 0.29) is 56.6 Å². The van der Waals surface area contributed by atoms with Gasteiger partial charge in [-0.25, -0.2) is 14.0 Å². The summed E-state index contributed by atoms with van der Waals surface area (Å²) in [5.74, 6) is -4.40. The molecular formula is C52H55O26+. The number of esters is 2. The number of phenols is 5. The van der Waals surface area contributed by atoms with E-state index in [1.165, 1.54) is 79.9 Å². The van der Waals surface area contributed by atoms with Gasteiger partial charge < -0.3 is 114 Å². The second-order valence-corrected chi connectivity index (χ2v) is 18.0. The fourth-order valence-corrected chi connectivity index (χ4v) is 8.38. The van der Waals surface area contributed by atoms with Gasteiger partial charge in [-0.3, -0.25) is 0 Å². The Morgan fingerprint density at radius 3 is 1.71 bits per heavy atom. The van der Waals surface area contributed by atoms with Crippen molar-refractivity contribution in [3.05, 3.63) is 102 Å². The van der Waals surface area contributed by atoms with E-state index in [1.807, 2.05) is 0 Å². The van der Waals surface area contributed by atoms with Crippen molar-refractivity contribution < 1.29 is 128 Å². The van der Waals surface area contributed by atoms with Gasteiger partial charge in [-0.15, -0.1) is 0 Å². The van der Waals surface area contributed by atoms with E-state index in [2.05, 4.69) is 0 Å². The number of carbonyl (C=O) groups excluding carboxylic acids is 2. The van der Waals surface area contributed by atoms with E-state index in [0.29, 0.717) is 5.56 Å². The highest BCUT2D eigenvalue weighted by molar-refractivity contribution is 5.89. The Morgan fingerprint density at radius 1 is 0.538 bits per heavy atom. The average Bonchev–Trinajstić information content (AvgIpc) is 3.49. The summed E-state index contributed by atoms with van der Waals surface area (Å²) in [4.78, 5) is 25.8. The zero-order chi connectivity index (χ0) is 56.1. The van der Waals surface area contributed by atoms with Crippen molar-refractivity contribution in [2.45, 2.75) is 92.1 Å². The van der Waals surface area contributed by atoms with Gasteiger partial charge in [0.15, 0.2) is 35.4 Å². The number of hydrogen-bond donors (Lipinski definition) is 14. The molecule has 3 fully saturated rings. The molecular weight excluding hydrogens is 1040 g/mol. The Labute approximate surface area is 440 Å². The first-order valence-electron chi connectivity index (χ1n) is 23.8. The van der Waals surface area contributed by atoms with E-state index < -0.39 is 141 Å². The molecule has 418 valence electrons. The molecule has 4 heterocycles. The van der Waals surface area contributed by atoms with Crippen LogP contribution < -0.4 is 14.2 Å². The van der Waals surface area contributed by atoms with Gasteiger partial charge in [0.1, 0.15) is 103 Å². The van der Waals surface area contributed by atoms with Crippen molar-refractivity contribution in [2.24, 2.45) is 0 Å². The minimum atomic E-state index is -2.13. The van der Waals surface area contributed by atoms with Crippen LogP contribution in [0.1, 0.15) is 11.1 Å². The molecule has 3 aliphatic heterocycles. The van der Waals surface area contributed by atoms with Gasteiger partial charge in [0.2, 0.25) is 18.3 Å². The summed E-state index contributed by atoms with van der Waals surface area (Å²) >= 11 is 0. The van der Waals surface area contributed by atoms with E-state index in [9.17, 15) is 81.1 Å². The second kappa shape index (κ2) is 24.5. The summed E-state index contributed by atoms with van der Waals surface area (Å²) in [6, 6.07) is 16.7. The maximum Gasteiger partial charge on any atom is 0.402 e. The van der Waals surface area contributed by atoms with Crippen LogP contribution in [0.25, 0.3) is 34.4 Å². The molecule has 0 aliphatic carbocycles. The molecule has 0 bridgehead atoms. The number of carbonyl (C=O) groups is 2. The highest BCUT2D eigenvalue weighted by Gasteiger charge is 2.53. The average molecular weight is 1100 g/mol. The number of ether oxygens (including phenoxy) is 9. The molecule has 26 heteroatoms. The first-order chi connectivity index (χ1) is 37.2. The zero-order valence-corrected chi connectivity index (χ0v) is 40.8. The van der Waals surface area contributed by atoms with Crippen molar-refractivity contribution in [3.8, 4) is 57.3 Å². The van der Waals surface area contributed by atoms with Crippen LogP contribution in [0.2, 0.25) is 0 Å². The van der Waals surface area contributed by atoms with Gasteiger partial charge in [-0.2, -0.15) is 0 Å². The molecule has 3 saturated heterocycles. The smallest absolute Gasteiger partial charge is 0.402 e. The number of aromatic hydroxyl groups is 5. The summed E-state index contributed by atoms with van der Waals surface area (Å²) in [5.41, 5.74) is 0.734. The second-order valence-electron chi connectivity index (χ2n) is 18.0. The summed E-state index contributed by atoms with van der Waals surface area (Å²) in [7, 11) is 1.33. The number of benzene rings is 4. The Bertz CT molecular complexity index is 2970. The molecule has 15 atom stereocenters. The van der Waals surface area contributed by atoms with Crippen LogP contribution >= 0.6 is 0 Å². The first kappa shape index (κ1) is 56.8. The van der Waals surface area contributed by atoms with Gasteiger partial charge >= 0.3 is 23.3 Å². The maximum atomic E-state index is 13.0. The monoisotopic (exact) mass is 1100 g/mol. The SMILES string of the molecule is COc1cc(/C=C/C(=O)OC[C@H]2O[C@@H](Oc3cc4c(O[C@@H]5O[C@H](CO)[C@@H](O)[C@H](O)[C@H]5O)cc(O)cc4[o+]c3-c3ccc(O)cc3)[C@H](O[C@@H]3O[C@H](COC(=O)/C=C/c4ccc(O)c(O)c4)[C@@H](O)[C@H](O)[C@H]3O)[C@@H](O)[C@@H]2O)ccc1O. The minimum Gasteiger partial charge on any atom is -0.508 e. The third-order valence-corrected chi connectivity index (χ3v) is 12.7. The van der Waals surface area contributed by atoms with Crippen molar-refractivity contribution >= 4 is 35.1 Å². The van der Waals surface area contributed by atoms with E-state index in [0.717, 1.165) is 30.4 Å². The number of rotatable bonds is 17. The Kier molecular flexibility index (Phi) is 17.8. The van der Waals surface area contributed by atoms with Crippen LogP contribution in [0.4, 0.5) is 0 Å². The highest BCUT2D eigenvalue weighted by atomic mass is 16.8. The number of phenolic OH excluding ortho intramolecular Hbond substituents is 5. The van der Waals surface area contributed by atoms with Crippen molar-refractivity contribution in [3.63, 3.8) is 0 Å². The predicted octanol–water partition coefficient (Wildman–Crippen LogP) is -0.372. The third-order valence-electron chi connectivity index (χ3n) is 12.7. The lowest BCUT2D eigenvalue weighted by Crippen LogP contribution is -2.65. The van der Waals surface area contributed by atoms with Crippen LogP contribution in [-0.2, 0) is 38.0 Å². The van der Waals surface area contributed by atoms with Crippen LogP contribution in [0.15, 0.2) is 95.4 Å². The quantitative estimate of drug-likeness (QED) is 0.0244. The lowest BCUT2D eigenvalue weighted by atomic mass is 9.97. The largest absolute Gasteiger partial charge is 0.508 e. The molecule has 5 aromatic rings. The zero-order valence-electron chi connectivity index (χ0n) is 40.8. The summed E-state index contributed by atoms with van der Waals surface area (Å²) in [6.45, 7) is -2.36. The van der Waals surface area contributed by atoms with Crippen LogP contribution in [0.5, 0.6) is 46.0 Å². The first-order valence-corrected chi connectivity index (χ1v) is 23.8. The van der Waals surface area contributed by atoms with Gasteiger partial charge in [0, 0.05) is 24.3 Å². The number of aliphatic hydroxyl groups excluding tert-OH is 9. The number of fused-ring (bicyclic) bond motifs is 1. The Morgan fingerprint density at radius 2 is 1.09 bits per heavy atom. The van der Waals surface area contributed by atoms with E-state index >= 15 is 0 Å². The summed E-state index contributed by atoms with van der Waals surface area (Å²) < 4.78 is 57.9. The Balaban J connectivity index is 1.12. The van der Waals surface area contributed by atoms with Crippen molar-refractivity contribution in [1.29, 1.82) is 0 Å². The van der Waals surface area contributed by atoms with Crippen molar-refractivity contribution in [2.75, 3.05) is 26.9 Å². The number of hydrogen-bond acceptors (Lipinski definition) is 25. The molecule has 14 N–H and O–H groups in total. The molecule has 3 aliphatic rings. The topological polar surface area (TPSA) is 412 Å². The molecule has 26 nitrogen and oxygen atoms in total. The normalized spacial score (nSPS) is 29.3. The molecule has 4 aromatic carbocycles. The lowest BCUT2D eigenvalue weighted by Gasteiger charge is -2.45. The van der Waals surface area contributed by atoms with Gasteiger partial charge in [-0.1, -0.05) is 12.1 Å². The lowest BCUT2D eigenvalue weighted by molar-refractivity contribution is -0.358. The highest BCUT2D eigenvalue weighted by Crippen LogP contribution is 2.43. The molecule has 78 heavy (non-hydrogen) atoms. The predicted molar refractivity (Wildman–Crippen MR) is 261 cm³/mol. The maximum absolute atomic E-state index is 13.0. The molecule has 0 saturated carbocycles. The molecule has 1 aromatic heterocycles. The minimum absolute atomic E-state index is 0.0729. The van der Waals surface area contributed by atoms with Gasteiger partial charge in [-0.05, 0) is 71.8 Å². The van der Waals surface area contributed by atoms with E-state index in [1.54, 1.807) is 0 Å². The van der Waals surface area contributed by atoms with Crippen molar-refractivity contribution in [1.82, 2.24) is 0 Å². The molecule has 0 spiro atoms. The molecule has 0 amide bonds. The van der Waals surface area contributed by atoms with Crippen LogP contribution in [0, 0.1) is 0 Å². The number of aliphatic hydroxyl groups is 9. The molecule has 8 rings (SSSR count). The molecule has 0 unspecified atom stereocenters. The van der Waals surface area contributed by atoms with Gasteiger partial charge in [0.05, 0.1) is 25.3 Å². The third kappa shape index (κ3) is 12.8. The summed E-state index contributed by atoms with van der Waals surface area (Å²) in [5, 5.41) is 148. The number of methoxy groups -OCH3 is 1. The fraction of sp³-hybridized carbons (Fsp3) is 0.365. The standard InChI is InChI=1S/C52H54O26/c1-69-33-15-23(3-11-29(33)57)5-13-39(60)71-21-37-42(63)45(66)49(78-51-47(68)44(65)41(62)36(76-51)20-70-38(59)12-4-22-2-10-28(56)30(58)14-22)52(77-37)74-34-18-27-31(72-48(34)24-6-8-25(54)9-7-24)16-26(55)17-32(27)73-50-46(67)43(64)40(61)35(19-53)75-50/h2-18,35-37,40-47,49-53,61-68H,19-21H2,1H3,(H4-,54,55,56,57,58,59,60)/p+1/t35-,36-,37-,40-,41-,42-,43+,44+,45+,46-,47-,49-,50-,51+,52-/m1/s1. The van der Waals surface area contributed by atoms with E-state index in [4.69, 9.17) is 47.0 Å². The van der Waals surface area contributed by atoms with Gasteiger partial charge in [0.25, 0.3) is 0 Å². The van der Waals surface area contributed by atoms with Crippen LogP contribution in [0.3, 0.4) is 0 Å². The molecule has 0 radical (unpaired) electrons. The van der Waals surface area contributed by atoms with Crippen LogP contribution in [-0.4, -0.2) is 202 Å².